The van der Waals surface area contributed by atoms with Gasteiger partial charge in [0.05, 0.1) is 5.92 Å². The van der Waals surface area contributed by atoms with Crippen LogP contribution < -0.4 is 10.6 Å². The summed E-state index contributed by atoms with van der Waals surface area (Å²) >= 11 is 3.35. The van der Waals surface area contributed by atoms with Gasteiger partial charge in [-0.1, -0.05) is 22.0 Å². The van der Waals surface area contributed by atoms with E-state index in [1.165, 1.54) is 0 Å². The number of nitrogens with one attached hydrogen (secondary N) is 2. The van der Waals surface area contributed by atoms with E-state index in [9.17, 15) is 14.7 Å². The third kappa shape index (κ3) is 2.90. The standard InChI is InChI=1S/C15H17BrN2O3/c16-10-2-1-3-11(7-10)17-15(21)18-13-9-5-4-8(6-9)12(13)14(19)20/h1-3,7-9,12-13H,4-6H2,(H,19,20)(H2,17,18,21). The number of aliphatic carboxylic acids is 1. The van der Waals surface area contributed by atoms with Crippen LogP contribution in [-0.2, 0) is 4.79 Å². The van der Waals surface area contributed by atoms with E-state index in [0.717, 1.165) is 23.7 Å². The molecule has 2 bridgehead atoms. The fraction of sp³-hybridized carbons (Fsp3) is 0.467. The minimum Gasteiger partial charge on any atom is -0.481 e. The molecular formula is C15H17BrN2O3. The van der Waals surface area contributed by atoms with Crippen LogP contribution >= 0.6 is 15.9 Å². The zero-order chi connectivity index (χ0) is 15.0. The first-order chi connectivity index (χ1) is 10.0. The maximum atomic E-state index is 12.1. The fourth-order valence-electron chi connectivity index (χ4n) is 3.74. The molecule has 0 aliphatic heterocycles. The lowest BCUT2D eigenvalue weighted by Crippen LogP contribution is -2.48. The molecule has 0 radical (unpaired) electrons. The van der Waals surface area contributed by atoms with Gasteiger partial charge < -0.3 is 15.7 Å². The lowest BCUT2D eigenvalue weighted by Gasteiger charge is -2.28. The van der Waals surface area contributed by atoms with Crippen LogP contribution in [0.5, 0.6) is 0 Å². The molecule has 6 heteroatoms. The third-order valence-electron chi connectivity index (χ3n) is 4.58. The predicted molar refractivity (Wildman–Crippen MR) is 82.0 cm³/mol. The van der Waals surface area contributed by atoms with Crippen LogP contribution in [-0.4, -0.2) is 23.1 Å². The van der Waals surface area contributed by atoms with Gasteiger partial charge in [-0.2, -0.15) is 0 Å². The molecule has 0 spiro atoms. The van der Waals surface area contributed by atoms with Gasteiger partial charge in [0.1, 0.15) is 0 Å². The number of carbonyl (C=O) groups is 2. The first-order valence-electron chi connectivity index (χ1n) is 7.10. The number of rotatable bonds is 3. The SMILES string of the molecule is O=C(Nc1cccc(Br)c1)NC1C2CCC(C2)C1C(=O)O. The highest BCUT2D eigenvalue weighted by Gasteiger charge is 2.51. The number of benzene rings is 1. The molecule has 2 amide bonds. The molecule has 0 aromatic heterocycles. The summed E-state index contributed by atoms with van der Waals surface area (Å²) in [4.78, 5) is 23.5. The van der Waals surface area contributed by atoms with Gasteiger partial charge in [0.25, 0.3) is 0 Å². The van der Waals surface area contributed by atoms with Crippen molar-refractivity contribution in [3.8, 4) is 0 Å². The van der Waals surface area contributed by atoms with Crippen molar-refractivity contribution in [2.24, 2.45) is 17.8 Å². The van der Waals surface area contributed by atoms with Gasteiger partial charge in [-0.15, -0.1) is 0 Å². The van der Waals surface area contributed by atoms with Crippen LogP contribution in [0.15, 0.2) is 28.7 Å². The molecular weight excluding hydrogens is 336 g/mol. The second-order valence-corrected chi connectivity index (χ2v) is 6.75. The van der Waals surface area contributed by atoms with Crippen LogP contribution in [0.3, 0.4) is 0 Å². The minimum absolute atomic E-state index is 0.212. The van der Waals surface area contributed by atoms with Gasteiger partial charge in [0.15, 0.2) is 0 Å². The first kappa shape index (κ1) is 14.4. The summed E-state index contributed by atoms with van der Waals surface area (Å²) < 4.78 is 0.878. The molecule has 21 heavy (non-hydrogen) atoms. The largest absolute Gasteiger partial charge is 0.481 e. The molecule has 2 saturated carbocycles. The highest BCUT2D eigenvalue weighted by atomic mass is 79.9. The topological polar surface area (TPSA) is 78.4 Å². The van der Waals surface area contributed by atoms with Crippen molar-refractivity contribution in [1.82, 2.24) is 5.32 Å². The third-order valence-corrected chi connectivity index (χ3v) is 5.08. The van der Waals surface area contributed by atoms with Crippen molar-refractivity contribution in [1.29, 1.82) is 0 Å². The van der Waals surface area contributed by atoms with E-state index < -0.39 is 11.9 Å². The molecule has 4 unspecified atom stereocenters. The van der Waals surface area contributed by atoms with Crippen LogP contribution in [0.1, 0.15) is 19.3 Å². The summed E-state index contributed by atoms with van der Waals surface area (Å²) in [6, 6.07) is 6.70. The first-order valence-corrected chi connectivity index (χ1v) is 7.90. The minimum atomic E-state index is -0.796. The van der Waals surface area contributed by atoms with Crippen molar-refractivity contribution in [2.45, 2.75) is 25.3 Å². The van der Waals surface area contributed by atoms with Gasteiger partial charge in [0.2, 0.25) is 0 Å². The van der Waals surface area contributed by atoms with E-state index in [2.05, 4.69) is 26.6 Å². The Balaban J connectivity index is 1.65. The van der Waals surface area contributed by atoms with E-state index >= 15 is 0 Å². The Bertz CT molecular complexity index is 578. The molecule has 3 N–H and O–H groups in total. The molecule has 2 aliphatic carbocycles. The quantitative estimate of drug-likeness (QED) is 0.782. The van der Waals surface area contributed by atoms with Gasteiger partial charge in [-0.25, -0.2) is 4.79 Å². The lowest BCUT2D eigenvalue weighted by atomic mass is 9.84. The molecule has 1 aromatic carbocycles. The normalized spacial score (nSPS) is 30.1. The second-order valence-electron chi connectivity index (χ2n) is 5.83. The summed E-state index contributed by atoms with van der Waals surface area (Å²) in [6.07, 6.45) is 2.89. The molecule has 4 atom stereocenters. The smallest absolute Gasteiger partial charge is 0.319 e. The summed E-state index contributed by atoms with van der Waals surface area (Å²) in [5, 5.41) is 15.0. The number of anilines is 1. The molecule has 3 rings (SSSR count). The Morgan fingerprint density at radius 2 is 2.00 bits per heavy atom. The number of hydrogen-bond acceptors (Lipinski definition) is 2. The van der Waals surface area contributed by atoms with Crippen LogP contribution in [0, 0.1) is 17.8 Å². The lowest BCUT2D eigenvalue weighted by molar-refractivity contribution is -0.144. The number of hydrogen-bond donors (Lipinski definition) is 3. The van der Waals surface area contributed by atoms with E-state index in [-0.39, 0.29) is 18.0 Å². The van der Waals surface area contributed by atoms with Gasteiger partial charge in [-0.05, 0) is 49.3 Å². The molecule has 112 valence electrons. The number of carboxylic acid groups (broad SMARTS) is 1. The van der Waals surface area contributed by atoms with Crippen molar-refractivity contribution in [2.75, 3.05) is 5.32 Å². The average molecular weight is 353 g/mol. The van der Waals surface area contributed by atoms with Gasteiger partial charge >= 0.3 is 12.0 Å². The zero-order valence-electron chi connectivity index (χ0n) is 11.4. The monoisotopic (exact) mass is 352 g/mol. The highest BCUT2D eigenvalue weighted by Crippen LogP contribution is 2.48. The van der Waals surface area contributed by atoms with E-state index in [1.807, 2.05) is 12.1 Å². The average Bonchev–Trinajstić information content (AvgIpc) is 2.99. The Morgan fingerprint density at radius 1 is 1.24 bits per heavy atom. The Kier molecular flexibility index (Phi) is 3.89. The van der Waals surface area contributed by atoms with Crippen molar-refractivity contribution < 1.29 is 14.7 Å². The molecule has 0 saturated heterocycles. The summed E-state index contributed by atoms with van der Waals surface area (Å²) in [7, 11) is 0. The number of carbonyl (C=O) groups excluding carboxylic acids is 1. The number of fused-ring (bicyclic) bond motifs is 2. The summed E-state index contributed by atoms with van der Waals surface area (Å²) in [5.41, 5.74) is 0.678. The predicted octanol–water partition coefficient (Wildman–Crippen LogP) is 3.07. The Labute approximate surface area is 131 Å². The van der Waals surface area contributed by atoms with E-state index in [0.29, 0.717) is 11.6 Å². The fourth-order valence-corrected chi connectivity index (χ4v) is 4.14. The molecule has 1 aromatic rings. The maximum absolute atomic E-state index is 12.1. The van der Waals surface area contributed by atoms with Crippen molar-refractivity contribution >= 4 is 33.6 Å². The number of amides is 2. The van der Waals surface area contributed by atoms with E-state index in [1.54, 1.807) is 12.1 Å². The van der Waals surface area contributed by atoms with Gasteiger partial charge in [-0.3, -0.25) is 4.79 Å². The van der Waals surface area contributed by atoms with Crippen LogP contribution in [0.25, 0.3) is 0 Å². The molecule has 2 fully saturated rings. The number of urea groups is 1. The summed E-state index contributed by atoms with van der Waals surface area (Å²) in [5.74, 6) is -0.736. The van der Waals surface area contributed by atoms with Gasteiger partial charge in [0, 0.05) is 16.2 Å². The molecule has 0 heterocycles. The summed E-state index contributed by atoms with van der Waals surface area (Å²) in [6.45, 7) is 0. The zero-order valence-corrected chi connectivity index (χ0v) is 13.0. The Hall–Kier alpha value is -1.56. The van der Waals surface area contributed by atoms with Crippen LogP contribution in [0.2, 0.25) is 0 Å². The van der Waals surface area contributed by atoms with Crippen molar-refractivity contribution in [3.05, 3.63) is 28.7 Å². The Morgan fingerprint density at radius 3 is 2.71 bits per heavy atom. The number of carboxylic acids is 1. The van der Waals surface area contributed by atoms with Crippen LogP contribution in [0.4, 0.5) is 10.5 Å². The van der Waals surface area contributed by atoms with Crippen molar-refractivity contribution in [3.63, 3.8) is 0 Å². The maximum Gasteiger partial charge on any atom is 0.319 e. The second kappa shape index (κ2) is 5.67. The highest BCUT2D eigenvalue weighted by molar-refractivity contribution is 9.10. The molecule has 2 aliphatic rings. The van der Waals surface area contributed by atoms with E-state index in [4.69, 9.17) is 0 Å². The molecule has 5 nitrogen and oxygen atoms in total. The number of halogens is 1.